The second-order valence-electron chi connectivity index (χ2n) is 8.57. The van der Waals surface area contributed by atoms with Crippen LogP contribution in [0.4, 0.5) is 26.4 Å². The van der Waals surface area contributed by atoms with Crippen LogP contribution in [0.5, 0.6) is 11.5 Å². The predicted octanol–water partition coefficient (Wildman–Crippen LogP) is 6.25. The van der Waals surface area contributed by atoms with Crippen LogP contribution in [0, 0.1) is 5.82 Å². The van der Waals surface area contributed by atoms with Crippen LogP contribution in [-0.4, -0.2) is 47.2 Å². The number of anilines is 3. The number of urea groups is 1. The number of amides is 2. The Morgan fingerprint density at radius 3 is 2.59 bits per heavy atom. The zero-order chi connectivity index (χ0) is 25.8. The van der Waals surface area contributed by atoms with Gasteiger partial charge in [0.1, 0.15) is 18.2 Å². The van der Waals surface area contributed by atoms with Crippen LogP contribution in [-0.2, 0) is 0 Å². The Labute approximate surface area is 218 Å². The van der Waals surface area contributed by atoms with E-state index in [1.165, 1.54) is 12.4 Å². The molecular formula is C27H25ClFN5O3. The quantitative estimate of drug-likeness (QED) is 0.312. The molecule has 10 heteroatoms. The molecule has 0 aliphatic carbocycles. The van der Waals surface area contributed by atoms with Crippen molar-refractivity contribution in [3.8, 4) is 11.5 Å². The van der Waals surface area contributed by atoms with Crippen molar-refractivity contribution in [2.75, 3.05) is 30.8 Å². The predicted molar refractivity (Wildman–Crippen MR) is 141 cm³/mol. The summed E-state index contributed by atoms with van der Waals surface area (Å²) in [4.78, 5) is 23.0. The van der Waals surface area contributed by atoms with E-state index in [0.29, 0.717) is 54.2 Å². The van der Waals surface area contributed by atoms with Crippen molar-refractivity contribution in [2.24, 2.45) is 0 Å². The van der Waals surface area contributed by atoms with Gasteiger partial charge in [-0.05, 0) is 30.3 Å². The number of fused-ring (bicyclic) bond motifs is 1. The minimum absolute atomic E-state index is 0.0119. The van der Waals surface area contributed by atoms with Gasteiger partial charge in [0.2, 0.25) is 0 Å². The maximum Gasteiger partial charge on any atom is 0.321 e. The third-order valence-corrected chi connectivity index (χ3v) is 6.47. The van der Waals surface area contributed by atoms with E-state index < -0.39 is 5.82 Å². The molecule has 190 valence electrons. The van der Waals surface area contributed by atoms with Gasteiger partial charge in [0.05, 0.1) is 23.3 Å². The molecule has 1 saturated heterocycles. The number of hydrogen-bond acceptors (Lipinski definition) is 6. The van der Waals surface area contributed by atoms with Gasteiger partial charge in [0.25, 0.3) is 0 Å². The van der Waals surface area contributed by atoms with Gasteiger partial charge in [-0.2, -0.15) is 0 Å². The van der Waals surface area contributed by atoms with Crippen molar-refractivity contribution < 1.29 is 18.7 Å². The first-order valence-electron chi connectivity index (χ1n) is 11.8. The van der Waals surface area contributed by atoms with Gasteiger partial charge in [0.15, 0.2) is 17.3 Å². The number of likely N-dealkylation sites (tertiary alicyclic amines) is 1. The Hall–Kier alpha value is -4.11. The molecule has 2 heterocycles. The number of para-hydroxylation sites is 1. The first kappa shape index (κ1) is 24.6. The summed E-state index contributed by atoms with van der Waals surface area (Å²) < 4.78 is 26.4. The highest BCUT2D eigenvalue weighted by atomic mass is 35.5. The summed E-state index contributed by atoms with van der Waals surface area (Å²) >= 11 is 5.93. The lowest BCUT2D eigenvalue weighted by molar-refractivity contribution is 0.113. The molecule has 0 saturated carbocycles. The number of aromatic nitrogens is 2. The summed E-state index contributed by atoms with van der Waals surface area (Å²) in [5.41, 5.74) is 1.57. The number of ether oxygens (including phenoxy) is 2. The number of rotatable bonds is 6. The maximum atomic E-state index is 14.5. The lowest BCUT2D eigenvalue weighted by Gasteiger charge is -2.32. The van der Waals surface area contributed by atoms with E-state index in [4.69, 9.17) is 21.1 Å². The zero-order valence-corrected chi connectivity index (χ0v) is 20.8. The number of carbonyl (C=O) groups is 1. The van der Waals surface area contributed by atoms with Crippen molar-refractivity contribution in [1.82, 2.24) is 14.9 Å². The first-order valence-corrected chi connectivity index (χ1v) is 12.2. The first-order chi connectivity index (χ1) is 18.0. The zero-order valence-electron chi connectivity index (χ0n) is 20.1. The summed E-state index contributed by atoms with van der Waals surface area (Å²) in [6.07, 6.45) is 2.60. The Balaban J connectivity index is 1.31. The van der Waals surface area contributed by atoms with Crippen LogP contribution in [0.25, 0.3) is 10.9 Å². The van der Waals surface area contributed by atoms with Crippen LogP contribution >= 0.6 is 11.6 Å². The average Bonchev–Trinajstić information content (AvgIpc) is 2.92. The number of nitrogens with zero attached hydrogens (tertiary/aromatic N) is 3. The third-order valence-electron chi connectivity index (χ3n) is 6.17. The molecule has 2 N–H and O–H groups in total. The van der Waals surface area contributed by atoms with Gasteiger partial charge < -0.3 is 25.0 Å². The molecular weight excluding hydrogens is 497 g/mol. The molecule has 5 rings (SSSR count). The molecule has 8 nitrogen and oxygen atoms in total. The van der Waals surface area contributed by atoms with Crippen LogP contribution in [0.1, 0.15) is 12.8 Å². The van der Waals surface area contributed by atoms with Crippen LogP contribution in [0.3, 0.4) is 0 Å². The van der Waals surface area contributed by atoms with Crippen molar-refractivity contribution in [3.05, 3.63) is 77.8 Å². The molecule has 37 heavy (non-hydrogen) atoms. The van der Waals surface area contributed by atoms with E-state index in [-0.39, 0.29) is 22.8 Å². The summed E-state index contributed by atoms with van der Waals surface area (Å²) in [5.74, 6) is 0.886. The molecule has 0 atom stereocenters. The number of carbonyl (C=O) groups excluding carboxylic acids is 1. The minimum atomic E-state index is -0.566. The molecule has 1 aliphatic rings. The van der Waals surface area contributed by atoms with Gasteiger partial charge in [0, 0.05) is 43.1 Å². The lowest BCUT2D eigenvalue weighted by atomic mass is 10.1. The number of halogens is 2. The molecule has 0 unspecified atom stereocenters. The standard InChI is InChI=1S/C27H25ClFN5O3/c1-36-23-15-22-19(26(31-16-30-22)33-21-9-5-8-20(28)25(21)29)14-24(23)37-18-10-12-34(13-11-18)27(35)32-17-6-3-2-4-7-17/h2-9,14-16,18H,10-13H2,1H3,(H,32,35)(H,30,31,33). The summed E-state index contributed by atoms with van der Waals surface area (Å²) in [6, 6.07) is 17.5. The number of hydrogen-bond donors (Lipinski definition) is 2. The average molecular weight is 522 g/mol. The molecule has 1 fully saturated rings. The third kappa shape index (κ3) is 5.51. The van der Waals surface area contributed by atoms with Gasteiger partial charge in [-0.1, -0.05) is 35.9 Å². The molecule has 1 aliphatic heterocycles. The molecule has 0 radical (unpaired) electrons. The van der Waals surface area contributed by atoms with E-state index in [2.05, 4.69) is 20.6 Å². The number of nitrogens with one attached hydrogen (secondary N) is 2. The van der Waals surface area contributed by atoms with E-state index in [0.717, 1.165) is 5.69 Å². The molecule has 3 aromatic carbocycles. The molecule has 0 spiro atoms. The SMILES string of the molecule is COc1cc2ncnc(Nc3cccc(Cl)c3F)c2cc1OC1CCN(C(=O)Nc2ccccc2)CC1. The molecule has 4 aromatic rings. The largest absolute Gasteiger partial charge is 0.493 e. The molecule has 2 amide bonds. The summed E-state index contributed by atoms with van der Waals surface area (Å²) in [7, 11) is 1.56. The lowest BCUT2D eigenvalue weighted by Crippen LogP contribution is -2.43. The van der Waals surface area contributed by atoms with E-state index in [1.807, 2.05) is 30.3 Å². The van der Waals surface area contributed by atoms with Crippen molar-refractivity contribution in [1.29, 1.82) is 0 Å². The van der Waals surface area contributed by atoms with Gasteiger partial charge >= 0.3 is 6.03 Å². The smallest absolute Gasteiger partial charge is 0.321 e. The summed E-state index contributed by atoms with van der Waals surface area (Å²) in [6.45, 7) is 1.12. The van der Waals surface area contributed by atoms with E-state index in [1.54, 1.807) is 36.3 Å². The Kier molecular flexibility index (Phi) is 7.23. The Morgan fingerprint density at radius 1 is 1.05 bits per heavy atom. The fraction of sp³-hybridized carbons (Fsp3) is 0.222. The van der Waals surface area contributed by atoms with E-state index >= 15 is 0 Å². The Bertz CT molecular complexity index is 1410. The normalized spacial score (nSPS) is 13.9. The number of piperidine rings is 1. The number of methoxy groups -OCH3 is 1. The fourth-order valence-electron chi connectivity index (χ4n) is 4.22. The van der Waals surface area contributed by atoms with Crippen LogP contribution in [0.2, 0.25) is 5.02 Å². The maximum absolute atomic E-state index is 14.5. The topological polar surface area (TPSA) is 88.6 Å². The monoisotopic (exact) mass is 521 g/mol. The highest BCUT2D eigenvalue weighted by Gasteiger charge is 2.25. The van der Waals surface area contributed by atoms with Gasteiger partial charge in [-0.15, -0.1) is 0 Å². The fourth-order valence-corrected chi connectivity index (χ4v) is 4.40. The van der Waals surface area contributed by atoms with Crippen molar-refractivity contribution >= 4 is 45.7 Å². The van der Waals surface area contributed by atoms with Crippen molar-refractivity contribution in [2.45, 2.75) is 18.9 Å². The van der Waals surface area contributed by atoms with Gasteiger partial charge in [-0.25, -0.2) is 19.2 Å². The highest BCUT2D eigenvalue weighted by Crippen LogP contribution is 2.37. The highest BCUT2D eigenvalue weighted by molar-refractivity contribution is 6.31. The number of benzene rings is 3. The van der Waals surface area contributed by atoms with Gasteiger partial charge in [-0.3, -0.25) is 0 Å². The molecule has 1 aromatic heterocycles. The van der Waals surface area contributed by atoms with Crippen LogP contribution in [0.15, 0.2) is 67.0 Å². The van der Waals surface area contributed by atoms with Crippen molar-refractivity contribution in [3.63, 3.8) is 0 Å². The van der Waals surface area contributed by atoms with E-state index in [9.17, 15) is 9.18 Å². The minimum Gasteiger partial charge on any atom is -0.493 e. The van der Waals surface area contributed by atoms with Crippen LogP contribution < -0.4 is 20.1 Å². The second-order valence-corrected chi connectivity index (χ2v) is 8.98. The Morgan fingerprint density at radius 2 is 1.84 bits per heavy atom. The molecule has 0 bridgehead atoms. The second kappa shape index (κ2) is 10.9. The summed E-state index contributed by atoms with van der Waals surface area (Å²) in [5, 5.41) is 6.57.